The molecule has 6 nitrogen and oxygen atoms in total. The molecule has 1 aliphatic rings. The maximum Gasteiger partial charge on any atom is 0.253 e. The number of anilines is 2. The second-order valence-electron chi connectivity index (χ2n) is 5.49. The first-order valence-corrected chi connectivity index (χ1v) is 7.12. The summed E-state index contributed by atoms with van der Waals surface area (Å²) in [6, 6.07) is 5.19. The van der Waals surface area contributed by atoms with Crippen molar-refractivity contribution < 1.29 is 9.59 Å². The van der Waals surface area contributed by atoms with Crippen LogP contribution in [0.1, 0.15) is 23.2 Å². The number of rotatable bonds is 6. The number of nitrogens with two attached hydrogens (primary N) is 1. The van der Waals surface area contributed by atoms with Crippen molar-refractivity contribution in [3.05, 3.63) is 23.8 Å². The molecule has 4 N–H and O–H groups in total. The van der Waals surface area contributed by atoms with E-state index in [-0.39, 0.29) is 17.7 Å². The highest BCUT2D eigenvalue weighted by atomic mass is 16.2. The van der Waals surface area contributed by atoms with E-state index in [1.54, 1.807) is 32.3 Å². The van der Waals surface area contributed by atoms with Gasteiger partial charge in [0.25, 0.3) is 5.91 Å². The van der Waals surface area contributed by atoms with Gasteiger partial charge < -0.3 is 21.3 Å². The van der Waals surface area contributed by atoms with Crippen LogP contribution in [-0.2, 0) is 4.79 Å². The monoisotopic (exact) mass is 290 g/mol. The molecule has 1 aliphatic carbocycles. The highest BCUT2D eigenvalue weighted by molar-refractivity contribution is 5.95. The van der Waals surface area contributed by atoms with Crippen molar-refractivity contribution in [2.24, 2.45) is 5.92 Å². The third-order valence-electron chi connectivity index (χ3n) is 3.39. The molecule has 0 aromatic heterocycles. The van der Waals surface area contributed by atoms with Crippen molar-refractivity contribution in [2.45, 2.75) is 12.8 Å². The fourth-order valence-electron chi connectivity index (χ4n) is 1.99. The number of nitrogens with one attached hydrogen (secondary N) is 2. The van der Waals surface area contributed by atoms with Crippen LogP contribution >= 0.6 is 0 Å². The van der Waals surface area contributed by atoms with Crippen molar-refractivity contribution in [3.8, 4) is 0 Å². The van der Waals surface area contributed by atoms with Crippen LogP contribution in [0, 0.1) is 5.92 Å². The summed E-state index contributed by atoms with van der Waals surface area (Å²) in [7, 11) is 3.40. The molecule has 21 heavy (non-hydrogen) atoms. The van der Waals surface area contributed by atoms with Crippen molar-refractivity contribution in [3.63, 3.8) is 0 Å². The second kappa shape index (κ2) is 6.47. The van der Waals surface area contributed by atoms with Crippen LogP contribution < -0.4 is 16.4 Å². The number of hydrogen-bond acceptors (Lipinski definition) is 4. The van der Waals surface area contributed by atoms with Gasteiger partial charge in [-0.1, -0.05) is 0 Å². The Hall–Kier alpha value is -2.24. The molecule has 0 heterocycles. The van der Waals surface area contributed by atoms with Crippen LogP contribution in [0.3, 0.4) is 0 Å². The minimum atomic E-state index is -0.0788. The lowest BCUT2D eigenvalue weighted by molar-refractivity contribution is -0.122. The molecular formula is C15H22N4O2. The zero-order valence-electron chi connectivity index (χ0n) is 12.5. The molecule has 2 amide bonds. The van der Waals surface area contributed by atoms with E-state index in [4.69, 9.17) is 5.73 Å². The summed E-state index contributed by atoms with van der Waals surface area (Å²) < 4.78 is 0. The molecule has 0 aliphatic heterocycles. The maximum atomic E-state index is 11.8. The number of carbonyl (C=O) groups is 2. The number of carbonyl (C=O) groups excluding carboxylic acids is 2. The van der Waals surface area contributed by atoms with Crippen molar-refractivity contribution in [2.75, 3.05) is 38.2 Å². The number of hydrogen-bond donors (Lipinski definition) is 3. The fourth-order valence-corrected chi connectivity index (χ4v) is 1.99. The lowest BCUT2D eigenvalue weighted by Gasteiger charge is -2.13. The van der Waals surface area contributed by atoms with Gasteiger partial charge in [0.05, 0.1) is 11.4 Å². The summed E-state index contributed by atoms with van der Waals surface area (Å²) in [6.45, 7) is 1.16. The predicted molar refractivity (Wildman–Crippen MR) is 83.1 cm³/mol. The molecule has 0 saturated heterocycles. The molecule has 2 rings (SSSR count). The van der Waals surface area contributed by atoms with Crippen LogP contribution in [0.25, 0.3) is 0 Å². The second-order valence-corrected chi connectivity index (χ2v) is 5.49. The quantitative estimate of drug-likeness (QED) is 0.537. The Morgan fingerprint density at radius 1 is 1.29 bits per heavy atom. The number of nitrogens with zero attached hydrogens (tertiary/aromatic N) is 1. The van der Waals surface area contributed by atoms with Gasteiger partial charge in [-0.3, -0.25) is 9.59 Å². The van der Waals surface area contributed by atoms with Crippen molar-refractivity contribution in [1.29, 1.82) is 0 Å². The molecule has 0 unspecified atom stereocenters. The highest BCUT2D eigenvalue weighted by Crippen LogP contribution is 2.28. The van der Waals surface area contributed by atoms with Crippen molar-refractivity contribution in [1.82, 2.24) is 10.2 Å². The molecule has 0 bridgehead atoms. The first-order chi connectivity index (χ1) is 9.99. The van der Waals surface area contributed by atoms with Gasteiger partial charge in [0.15, 0.2) is 0 Å². The molecule has 0 radical (unpaired) electrons. The molecule has 1 aromatic rings. The largest absolute Gasteiger partial charge is 0.397 e. The Bertz CT molecular complexity index is 538. The molecule has 114 valence electrons. The number of amides is 2. The lowest BCUT2D eigenvalue weighted by atomic mass is 10.1. The minimum Gasteiger partial charge on any atom is -0.397 e. The Labute approximate surface area is 124 Å². The zero-order chi connectivity index (χ0) is 15.4. The Kier molecular flexibility index (Phi) is 4.67. The summed E-state index contributed by atoms with van der Waals surface area (Å²) in [5.74, 6) is 0.285. The van der Waals surface area contributed by atoms with Gasteiger partial charge in [-0.2, -0.15) is 0 Å². The van der Waals surface area contributed by atoms with Crippen LogP contribution in [0.15, 0.2) is 18.2 Å². The van der Waals surface area contributed by atoms with Gasteiger partial charge in [0.2, 0.25) is 5.91 Å². The average Bonchev–Trinajstić information content (AvgIpc) is 3.28. The summed E-state index contributed by atoms with van der Waals surface area (Å²) in [4.78, 5) is 24.8. The molecule has 1 saturated carbocycles. The first kappa shape index (κ1) is 15.2. The highest BCUT2D eigenvalue weighted by Gasteiger charge is 2.28. The van der Waals surface area contributed by atoms with E-state index in [0.29, 0.717) is 24.3 Å². The molecule has 6 heteroatoms. The van der Waals surface area contributed by atoms with E-state index in [1.807, 2.05) is 0 Å². The SMILES string of the molecule is CN(C)C(=O)c1ccc(NCCNC(=O)C2CC2)c(N)c1. The van der Waals surface area contributed by atoms with E-state index in [9.17, 15) is 9.59 Å². The predicted octanol–water partition coefficient (Wildman–Crippen LogP) is 0.909. The van der Waals surface area contributed by atoms with Gasteiger partial charge in [-0.15, -0.1) is 0 Å². The van der Waals surface area contributed by atoms with E-state index < -0.39 is 0 Å². The van der Waals surface area contributed by atoms with Crippen LogP contribution in [-0.4, -0.2) is 43.9 Å². The van der Waals surface area contributed by atoms with Gasteiger partial charge in [0, 0.05) is 38.7 Å². The Morgan fingerprint density at radius 3 is 2.57 bits per heavy atom. The van der Waals surface area contributed by atoms with Gasteiger partial charge in [-0.05, 0) is 31.0 Å². The zero-order valence-corrected chi connectivity index (χ0v) is 12.5. The third kappa shape index (κ3) is 4.11. The molecule has 1 aromatic carbocycles. The smallest absolute Gasteiger partial charge is 0.253 e. The van der Waals surface area contributed by atoms with Gasteiger partial charge >= 0.3 is 0 Å². The fraction of sp³-hybridized carbons (Fsp3) is 0.467. The van der Waals surface area contributed by atoms with Crippen molar-refractivity contribution >= 4 is 23.2 Å². The molecule has 0 atom stereocenters. The summed E-state index contributed by atoms with van der Waals surface area (Å²) in [5.41, 5.74) is 7.79. The Balaban J connectivity index is 1.83. The van der Waals surface area contributed by atoms with E-state index >= 15 is 0 Å². The average molecular weight is 290 g/mol. The molecule has 0 spiro atoms. The van der Waals surface area contributed by atoms with Crippen LogP contribution in [0.5, 0.6) is 0 Å². The topological polar surface area (TPSA) is 87.5 Å². The molecule has 1 fully saturated rings. The number of benzene rings is 1. The maximum absolute atomic E-state index is 11.8. The van der Waals surface area contributed by atoms with E-state index in [1.165, 1.54) is 4.90 Å². The summed E-state index contributed by atoms with van der Waals surface area (Å²) in [6.07, 6.45) is 2.02. The standard InChI is InChI=1S/C15H22N4O2/c1-19(2)15(21)11-5-6-13(12(16)9-11)17-7-8-18-14(20)10-3-4-10/h5-6,9-10,17H,3-4,7-8,16H2,1-2H3,(H,18,20). The first-order valence-electron chi connectivity index (χ1n) is 7.12. The molecular weight excluding hydrogens is 268 g/mol. The normalized spacial score (nSPS) is 13.6. The van der Waals surface area contributed by atoms with Gasteiger partial charge in [-0.25, -0.2) is 0 Å². The lowest BCUT2D eigenvalue weighted by Crippen LogP contribution is -2.30. The number of nitrogen functional groups attached to an aromatic ring is 1. The van der Waals surface area contributed by atoms with Crippen LogP contribution in [0.2, 0.25) is 0 Å². The Morgan fingerprint density at radius 2 is 2.00 bits per heavy atom. The third-order valence-corrected chi connectivity index (χ3v) is 3.39. The summed E-state index contributed by atoms with van der Waals surface area (Å²) >= 11 is 0. The van der Waals surface area contributed by atoms with E-state index in [0.717, 1.165) is 18.5 Å². The van der Waals surface area contributed by atoms with Crippen LogP contribution in [0.4, 0.5) is 11.4 Å². The summed E-state index contributed by atoms with van der Waals surface area (Å²) in [5, 5.41) is 6.03. The van der Waals surface area contributed by atoms with E-state index in [2.05, 4.69) is 10.6 Å². The van der Waals surface area contributed by atoms with Gasteiger partial charge in [0.1, 0.15) is 0 Å². The minimum absolute atomic E-state index is 0.0788.